The topological polar surface area (TPSA) is 33.1 Å². The van der Waals surface area contributed by atoms with Gasteiger partial charge < -0.3 is 5.11 Å². The van der Waals surface area contributed by atoms with Crippen LogP contribution in [0.1, 0.15) is 31.0 Å². The molecule has 0 aliphatic carbocycles. The lowest BCUT2D eigenvalue weighted by atomic mass is 10.0. The van der Waals surface area contributed by atoms with Crippen molar-refractivity contribution in [2.75, 3.05) is 6.61 Å². The lowest BCUT2D eigenvalue weighted by Crippen LogP contribution is -2.01. The van der Waals surface area contributed by atoms with Crippen molar-refractivity contribution in [3.8, 4) is 0 Å². The third-order valence-corrected chi connectivity index (χ3v) is 1.85. The van der Waals surface area contributed by atoms with Crippen molar-refractivity contribution in [1.82, 2.24) is 4.98 Å². The van der Waals surface area contributed by atoms with Crippen LogP contribution in [0.3, 0.4) is 0 Å². The fraction of sp³-hybridized carbons (Fsp3) is 0.500. The zero-order valence-electron chi connectivity index (χ0n) is 7.62. The molecule has 0 bridgehead atoms. The summed E-state index contributed by atoms with van der Waals surface area (Å²) in [5.74, 6) is 0.438. The van der Waals surface area contributed by atoms with Gasteiger partial charge in [-0.1, -0.05) is 19.9 Å². The molecule has 1 heterocycles. The van der Waals surface area contributed by atoms with Gasteiger partial charge in [0, 0.05) is 18.5 Å². The van der Waals surface area contributed by atoms with Crippen LogP contribution in [0.15, 0.2) is 18.3 Å². The Morgan fingerprint density at radius 3 is 2.83 bits per heavy atom. The van der Waals surface area contributed by atoms with E-state index in [-0.39, 0.29) is 6.61 Å². The van der Waals surface area contributed by atoms with Crippen LogP contribution < -0.4 is 0 Å². The molecule has 0 aliphatic rings. The van der Waals surface area contributed by atoms with Gasteiger partial charge in [0.25, 0.3) is 0 Å². The van der Waals surface area contributed by atoms with E-state index in [9.17, 15) is 0 Å². The summed E-state index contributed by atoms with van der Waals surface area (Å²) in [7, 11) is 0. The fourth-order valence-electron chi connectivity index (χ4n) is 1.30. The van der Waals surface area contributed by atoms with E-state index < -0.39 is 0 Å². The van der Waals surface area contributed by atoms with E-state index >= 15 is 0 Å². The van der Waals surface area contributed by atoms with Gasteiger partial charge in [0.15, 0.2) is 0 Å². The third kappa shape index (κ3) is 2.05. The summed E-state index contributed by atoms with van der Waals surface area (Å²) in [4.78, 5) is 4.29. The van der Waals surface area contributed by atoms with Gasteiger partial charge in [-0.2, -0.15) is 0 Å². The van der Waals surface area contributed by atoms with E-state index in [0.717, 1.165) is 11.3 Å². The highest BCUT2D eigenvalue weighted by atomic mass is 16.2. The van der Waals surface area contributed by atoms with Gasteiger partial charge in [0.05, 0.1) is 0 Å². The second-order valence-electron chi connectivity index (χ2n) is 3.18. The highest BCUT2D eigenvalue weighted by molar-refractivity contribution is 5.22. The Balaban J connectivity index is 2.92. The number of rotatable bonds is 3. The van der Waals surface area contributed by atoms with Crippen LogP contribution in [0.4, 0.5) is 0 Å². The van der Waals surface area contributed by atoms with E-state index in [2.05, 4.69) is 18.8 Å². The van der Waals surface area contributed by atoms with Gasteiger partial charge in [-0.05, 0) is 24.0 Å². The van der Waals surface area contributed by atoms with Crippen LogP contribution in [0.25, 0.3) is 0 Å². The van der Waals surface area contributed by atoms with E-state index in [1.165, 1.54) is 0 Å². The lowest BCUT2D eigenvalue weighted by molar-refractivity contribution is 0.299. The maximum absolute atomic E-state index is 8.80. The number of hydrogen-bond acceptors (Lipinski definition) is 2. The van der Waals surface area contributed by atoms with Crippen molar-refractivity contribution < 1.29 is 5.11 Å². The molecule has 0 saturated carbocycles. The van der Waals surface area contributed by atoms with Gasteiger partial charge in [0.2, 0.25) is 0 Å². The number of nitrogens with zero attached hydrogens (tertiary/aromatic N) is 1. The molecule has 0 unspecified atom stereocenters. The number of hydrogen-bond donors (Lipinski definition) is 1. The Labute approximate surface area is 73.3 Å². The Hall–Kier alpha value is -0.890. The summed E-state index contributed by atoms with van der Waals surface area (Å²) in [5.41, 5.74) is 2.27. The van der Waals surface area contributed by atoms with Crippen molar-refractivity contribution in [3.63, 3.8) is 0 Å². The molecule has 0 aliphatic heterocycles. The van der Waals surface area contributed by atoms with Crippen molar-refractivity contribution >= 4 is 0 Å². The van der Waals surface area contributed by atoms with E-state index in [4.69, 9.17) is 5.11 Å². The van der Waals surface area contributed by atoms with Crippen LogP contribution in [-0.4, -0.2) is 16.7 Å². The first-order valence-corrected chi connectivity index (χ1v) is 4.30. The number of aliphatic hydroxyl groups is 1. The van der Waals surface area contributed by atoms with Crippen LogP contribution >= 0.6 is 0 Å². The molecule has 0 aromatic carbocycles. The van der Waals surface area contributed by atoms with Gasteiger partial charge in [-0.15, -0.1) is 0 Å². The summed E-state index contributed by atoms with van der Waals surface area (Å²) in [6, 6.07) is 3.94. The van der Waals surface area contributed by atoms with Crippen LogP contribution in [0.5, 0.6) is 0 Å². The van der Waals surface area contributed by atoms with E-state index in [1.54, 1.807) is 6.20 Å². The quantitative estimate of drug-likeness (QED) is 0.740. The summed E-state index contributed by atoms with van der Waals surface area (Å²) in [6.45, 7) is 4.43. The molecule has 2 nitrogen and oxygen atoms in total. The second-order valence-corrected chi connectivity index (χ2v) is 3.18. The first-order valence-electron chi connectivity index (χ1n) is 4.30. The zero-order valence-corrected chi connectivity index (χ0v) is 7.62. The number of pyridine rings is 1. The molecule has 12 heavy (non-hydrogen) atoms. The molecule has 1 N–H and O–H groups in total. The number of aromatic nitrogens is 1. The predicted molar refractivity (Wildman–Crippen MR) is 49.1 cm³/mol. The minimum atomic E-state index is 0.200. The average molecular weight is 165 g/mol. The number of aliphatic hydroxyl groups excluding tert-OH is 1. The van der Waals surface area contributed by atoms with Crippen molar-refractivity contribution in [3.05, 3.63) is 29.6 Å². The molecular formula is C10H15NO. The molecule has 0 fully saturated rings. The molecule has 0 amide bonds. The van der Waals surface area contributed by atoms with Crippen LogP contribution in [0.2, 0.25) is 0 Å². The van der Waals surface area contributed by atoms with Gasteiger partial charge in [-0.3, -0.25) is 4.98 Å². The highest BCUT2D eigenvalue weighted by Gasteiger charge is 2.05. The molecule has 1 aromatic heterocycles. The Bertz CT molecular complexity index is 245. The monoisotopic (exact) mass is 165 g/mol. The molecule has 0 atom stereocenters. The minimum absolute atomic E-state index is 0.200. The third-order valence-electron chi connectivity index (χ3n) is 1.85. The lowest BCUT2D eigenvalue weighted by Gasteiger charge is -2.09. The molecule has 2 heteroatoms. The Kier molecular flexibility index (Phi) is 3.23. The molecule has 1 rings (SSSR count). The van der Waals surface area contributed by atoms with Gasteiger partial charge in [-0.25, -0.2) is 0 Å². The summed E-state index contributed by atoms with van der Waals surface area (Å²) >= 11 is 0. The van der Waals surface area contributed by atoms with Crippen molar-refractivity contribution in [2.24, 2.45) is 0 Å². The van der Waals surface area contributed by atoms with Gasteiger partial charge in [0.1, 0.15) is 0 Å². The Morgan fingerprint density at radius 1 is 1.50 bits per heavy atom. The second kappa shape index (κ2) is 4.21. The minimum Gasteiger partial charge on any atom is -0.396 e. The van der Waals surface area contributed by atoms with Gasteiger partial charge >= 0.3 is 0 Å². The molecule has 0 saturated heterocycles. The normalized spacial score (nSPS) is 10.7. The largest absolute Gasteiger partial charge is 0.396 e. The smallest absolute Gasteiger partial charge is 0.0472 e. The van der Waals surface area contributed by atoms with E-state index in [0.29, 0.717) is 12.3 Å². The average Bonchev–Trinajstić information content (AvgIpc) is 2.05. The predicted octanol–water partition coefficient (Wildman–Crippen LogP) is 1.74. The maximum Gasteiger partial charge on any atom is 0.0472 e. The SMILES string of the molecule is CC(C)c1ncccc1CCO. The summed E-state index contributed by atoms with van der Waals surface area (Å²) in [5, 5.41) is 8.80. The van der Waals surface area contributed by atoms with Crippen LogP contribution in [0, 0.1) is 0 Å². The first-order chi connectivity index (χ1) is 5.75. The molecule has 1 aromatic rings. The highest BCUT2D eigenvalue weighted by Crippen LogP contribution is 2.16. The molecular weight excluding hydrogens is 150 g/mol. The summed E-state index contributed by atoms with van der Waals surface area (Å²) < 4.78 is 0. The maximum atomic E-state index is 8.80. The van der Waals surface area contributed by atoms with Crippen molar-refractivity contribution in [1.29, 1.82) is 0 Å². The molecule has 0 spiro atoms. The molecule has 66 valence electrons. The first kappa shape index (κ1) is 9.20. The summed E-state index contributed by atoms with van der Waals surface area (Å²) in [6.07, 6.45) is 2.51. The zero-order chi connectivity index (χ0) is 8.97. The van der Waals surface area contributed by atoms with E-state index in [1.807, 2.05) is 12.1 Å². The standard InChI is InChI=1S/C10H15NO/c1-8(2)10-9(5-7-12)4-3-6-11-10/h3-4,6,8,12H,5,7H2,1-2H3. The van der Waals surface area contributed by atoms with Crippen LogP contribution in [-0.2, 0) is 6.42 Å². The molecule has 0 radical (unpaired) electrons. The Morgan fingerprint density at radius 2 is 2.25 bits per heavy atom. The van der Waals surface area contributed by atoms with Crippen molar-refractivity contribution in [2.45, 2.75) is 26.2 Å². The fourth-order valence-corrected chi connectivity index (χ4v) is 1.30.